The van der Waals surface area contributed by atoms with Gasteiger partial charge in [0.25, 0.3) is 0 Å². The van der Waals surface area contributed by atoms with Crippen LogP contribution in [-0.2, 0) is 0 Å². The highest BCUT2D eigenvalue weighted by atomic mass is 79.9. The fourth-order valence-corrected chi connectivity index (χ4v) is 2.27. The number of para-hydroxylation sites is 2. The van der Waals surface area contributed by atoms with Gasteiger partial charge in [-0.15, -0.1) is 0 Å². The Bertz CT molecular complexity index is 596. The number of rotatable bonds is 6. The first-order chi connectivity index (χ1) is 10.1. The van der Waals surface area contributed by atoms with Crippen molar-refractivity contribution in [2.75, 3.05) is 6.61 Å². The molecule has 0 radical (unpaired) electrons. The van der Waals surface area contributed by atoms with Gasteiger partial charge >= 0.3 is 0 Å². The molecule has 2 rings (SSSR count). The van der Waals surface area contributed by atoms with Crippen LogP contribution < -0.4 is 9.47 Å². The van der Waals surface area contributed by atoms with Gasteiger partial charge in [0, 0.05) is 10.0 Å². The maximum atomic E-state index is 9.86. The van der Waals surface area contributed by atoms with Crippen LogP contribution in [0.5, 0.6) is 17.2 Å². The third-order valence-electron chi connectivity index (χ3n) is 2.96. The third kappa shape index (κ3) is 4.22. The van der Waals surface area contributed by atoms with Crippen molar-refractivity contribution in [3.05, 3.63) is 52.5 Å². The minimum Gasteiger partial charge on any atom is -0.490 e. The molecule has 21 heavy (non-hydrogen) atoms. The zero-order valence-corrected chi connectivity index (χ0v) is 13.8. The summed E-state index contributed by atoms with van der Waals surface area (Å²) in [7, 11) is 0. The number of aliphatic hydroxyl groups is 1. The van der Waals surface area contributed by atoms with Gasteiger partial charge in [-0.2, -0.15) is 0 Å². The minimum absolute atomic E-state index is 0.600. The van der Waals surface area contributed by atoms with E-state index in [1.54, 1.807) is 6.92 Å². The van der Waals surface area contributed by atoms with Crippen LogP contribution in [0.2, 0.25) is 0 Å². The van der Waals surface area contributed by atoms with Gasteiger partial charge in [-0.3, -0.25) is 0 Å². The van der Waals surface area contributed by atoms with Gasteiger partial charge in [-0.1, -0.05) is 41.1 Å². The summed E-state index contributed by atoms with van der Waals surface area (Å²) in [6.45, 7) is 4.42. The monoisotopic (exact) mass is 350 g/mol. The molecule has 0 aliphatic carbocycles. The highest BCUT2D eigenvalue weighted by Crippen LogP contribution is 2.36. The van der Waals surface area contributed by atoms with Crippen LogP contribution in [-0.4, -0.2) is 11.7 Å². The fraction of sp³-hybridized carbons (Fsp3) is 0.294. The van der Waals surface area contributed by atoms with Gasteiger partial charge in [-0.05, 0) is 37.6 Å². The van der Waals surface area contributed by atoms with Crippen molar-refractivity contribution in [2.24, 2.45) is 0 Å². The van der Waals surface area contributed by atoms with Crippen molar-refractivity contribution in [1.82, 2.24) is 0 Å². The topological polar surface area (TPSA) is 38.7 Å². The molecule has 0 fully saturated rings. The zero-order chi connectivity index (χ0) is 15.2. The van der Waals surface area contributed by atoms with Gasteiger partial charge in [0.15, 0.2) is 11.5 Å². The Balaban J connectivity index is 2.31. The van der Waals surface area contributed by atoms with E-state index in [1.807, 2.05) is 42.5 Å². The molecule has 0 bridgehead atoms. The number of hydrogen-bond acceptors (Lipinski definition) is 3. The molecule has 0 saturated heterocycles. The van der Waals surface area contributed by atoms with Gasteiger partial charge in [0.1, 0.15) is 5.75 Å². The standard InChI is InChI=1S/C17H19BrO3/c1-3-10-20-15-6-4-5-7-16(15)21-17-11-13(18)8-9-14(17)12(2)19/h4-9,11-12,19H,3,10H2,1-2H3. The first-order valence-corrected chi connectivity index (χ1v) is 7.78. The molecule has 3 nitrogen and oxygen atoms in total. The van der Waals surface area contributed by atoms with Crippen molar-refractivity contribution in [3.8, 4) is 17.2 Å². The number of aliphatic hydroxyl groups excluding tert-OH is 1. The summed E-state index contributed by atoms with van der Waals surface area (Å²) in [5, 5.41) is 9.86. The van der Waals surface area contributed by atoms with Crippen LogP contribution in [0, 0.1) is 0 Å². The van der Waals surface area contributed by atoms with Crippen molar-refractivity contribution in [3.63, 3.8) is 0 Å². The van der Waals surface area contributed by atoms with Gasteiger partial charge in [0.2, 0.25) is 0 Å². The predicted molar refractivity (Wildman–Crippen MR) is 87.1 cm³/mol. The molecule has 1 N–H and O–H groups in total. The Morgan fingerprint density at radius 3 is 2.48 bits per heavy atom. The van der Waals surface area contributed by atoms with E-state index in [0.29, 0.717) is 23.9 Å². The van der Waals surface area contributed by atoms with E-state index in [-0.39, 0.29) is 0 Å². The lowest BCUT2D eigenvalue weighted by Crippen LogP contribution is -1.99. The first-order valence-electron chi connectivity index (χ1n) is 6.99. The van der Waals surface area contributed by atoms with Crippen LogP contribution in [0.3, 0.4) is 0 Å². The normalized spacial score (nSPS) is 12.0. The average Bonchev–Trinajstić information content (AvgIpc) is 2.46. The smallest absolute Gasteiger partial charge is 0.169 e. The van der Waals surface area contributed by atoms with Crippen molar-refractivity contribution < 1.29 is 14.6 Å². The summed E-state index contributed by atoms with van der Waals surface area (Å²) in [5.74, 6) is 1.97. The molecule has 2 aromatic rings. The molecule has 0 heterocycles. The van der Waals surface area contributed by atoms with E-state index in [2.05, 4.69) is 22.9 Å². The van der Waals surface area contributed by atoms with Gasteiger partial charge in [-0.25, -0.2) is 0 Å². The fourth-order valence-electron chi connectivity index (χ4n) is 1.93. The average molecular weight is 351 g/mol. The van der Waals surface area contributed by atoms with E-state index in [9.17, 15) is 5.11 Å². The summed E-state index contributed by atoms with van der Waals surface area (Å²) in [6, 6.07) is 13.1. The van der Waals surface area contributed by atoms with E-state index in [0.717, 1.165) is 16.5 Å². The molecule has 112 valence electrons. The summed E-state index contributed by atoms with van der Waals surface area (Å²) < 4.78 is 12.6. The maximum absolute atomic E-state index is 9.86. The molecule has 1 atom stereocenters. The highest BCUT2D eigenvalue weighted by molar-refractivity contribution is 9.10. The lowest BCUT2D eigenvalue weighted by molar-refractivity contribution is 0.195. The quantitative estimate of drug-likeness (QED) is 0.788. The predicted octanol–water partition coefficient (Wildman–Crippen LogP) is 5.08. The van der Waals surface area contributed by atoms with Crippen molar-refractivity contribution in [1.29, 1.82) is 0 Å². The number of benzene rings is 2. The Morgan fingerprint density at radius 1 is 1.10 bits per heavy atom. The van der Waals surface area contributed by atoms with Crippen LogP contribution in [0.1, 0.15) is 31.9 Å². The molecule has 1 unspecified atom stereocenters. The van der Waals surface area contributed by atoms with Crippen LogP contribution >= 0.6 is 15.9 Å². The molecule has 0 aliphatic rings. The van der Waals surface area contributed by atoms with Crippen LogP contribution in [0.15, 0.2) is 46.9 Å². The number of ether oxygens (including phenoxy) is 2. The molecule has 0 amide bonds. The lowest BCUT2D eigenvalue weighted by atomic mass is 10.1. The zero-order valence-electron chi connectivity index (χ0n) is 12.2. The number of halogens is 1. The first kappa shape index (κ1) is 15.9. The second-order valence-electron chi connectivity index (χ2n) is 4.76. The second-order valence-corrected chi connectivity index (χ2v) is 5.67. The summed E-state index contributed by atoms with van der Waals surface area (Å²) in [4.78, 5) is 0. The Labute approximate surface area is 133 Å². The van der Waals surface area contributed by atoms with Crippen LogP contribution in [0.25, 0.3) is 0 Å². The molecule has 4 heteroatoms. The number of hydrogen-bond donors (Lipinski definition) is 1. The molecule has 0 aromatic heterocycles. The lowest BCUT2D eigenvalue weighted by Gasteiger charge is -2.16. The summed E-state index contributed by atoms with van der Waals surface area (Å²) in [6.07, 6.45) is 0.335. The summed E-state index contributed by atoms with van der Waals surface area (Å²) in [5.41, 5.74) is 0.739. The molecule has 0 spiro atoms. The molecular weight excluding hydrogens is 332 g/mol. The molecule has 2 aromatic carbocycles. The second kappa shape index (κ2) is 7.48. The Morgan fingerprint density at radius 2 is 1.81 bits per heavy atom. The van der Waals surface area contributed by atoms with E-state index < -0.39 is 6.10 Å². The van der Waals surface area contributed by atoms with Crippen LogP contribution in [0.4, 0.5) is 0 Å². The van der Waals surface area contributed by atoms with E-state index in [4.69, 9.17) is 9.47 Å². The Hall–Kier alpha value is -1.52. The molecule has 0 saturated carbocycles. The summed E-state index contributed by atoms with van der Waals surface area (Å²) >= 11 is 3.43. The highest BCUT2D eigenvalue weighted by Gasteiger charge is 2.13. The van der Waals surface area contributed by atoms with Gasteiger partial charge in [0.05, 0.1) is 12.7 Å². The SMILES string of the molecule is CCCOc1ccccc1Oc1cc(Br)ccc1C(C)O. The largest absolute Gasteiger partial charge is 0.490 e. The third-order valence-corrected chi connectivity index (χ3v) is 3.45. The minimum atomic E-state index is -0.600. The van der Waals surface area contributed by atoms with Gasteiger partial charge < -0.3 is 14.6 Å². The van der Waals surface area contributed by atoms with E-state index >= 15 is 0 Å². The molecular formula is C17H19BrO3. The Kier molecular flexibility index (Phi) is 5.65. The van der Waals surface area contributed by atoms with Crippen molar-refractivity contribution >= 4 is 15.9 Å². The van der Waals surface area contributed by atoms with E-state index in [1.165, 1.54) is 0 Å². The van der Waals surface area contributed by atoms with Crippen molar-refractivity contribution in [2.45, 2.75) is 26.4 Å². The maximum Gasteiger partial charge on any atom is 0.169 e. The molecule has 0 aliphatic heterocycles.